The van der Waals surface area contributed by atoms with Gasteiger partial charge in [0.25, 0.3) is 10.0 Å². The molecule has 2 aromatic rings. The Morgan fingerprint density at radius 1 is 1.39 bits per heavy atom. The quantitative estimate of drug-likeness (QED) is 0.888. The molecule has 0 aliphatic carbocycles. The normalized spacial score (nSPS) is 11.4. The summed E-state index contributed by atoms with van der Waals surface area (Å²) in [6, 6.07) is 7.19. The van der Waals surface area contributed by atoms with E-state index in [-0.39, 0.29) is 5.03 Å². The van der Waals surface area contributed by atoms with Crippen LogP contribution in [0.3, 0.4) is 0 Å². The van der Waals surface area contributed by atoms with Gasteiger partial charge in [-0.2, -0.15) is 8.42 Å². The van der Waals surface area contributed by atoms with E-state index in [9.17, 15) is 8.42 Å². The van der Waals surface area contributed by atoms with Crippen LogP contribution in [-0.4, -0.2) is 18.4 Å². The number of aromatic amines is 1. The predicted molar refractivity (Wildman–Crippen MR) is 70.0 cm³/mol. The Bertz CT molecular complexity index is 647. The van der Waals surface area contributed by atoms with Gasteiger partial charge in [0, 0.05) is 12.1 Å². The largest absolute Gasteiger partial charge is 0.332 e. The fourth-order valence-corrected chi connectivity index (χ4v) is 2.57. The van der Waals surface area contributed by atoms with E-state index in [0.717, 1.165) is 5.56 Å². The molecular weight excluding hydrogens is 250 g/mol. The third kappa shape index (κ3) is 2.70. The van der Waals surface area contributed by atoms with Crippen molar-refractivity contribution in [3.63, 3.8) is 0 Å². The van der Waals surface area contributed by atoms with Crippen LogP contribution in [0.2, 0.25) is 0 Å². The molecule has 1 aromatic heterocycles. The number of sulfonamides is 1. The van der Waals surface area contributed by atoms with Crippen molar-refractivity contribution in [3.8, 4) is 0 Å². The number of anilines is 1. The van der Waals surface area contributed by atoms with Gasteiger partial charge in [-0.3, -0.25) is 4.72 Å². The molecule has 1 heterocycles. The predicted octanol–water partition coefficient (Wildman–Crippen LogP) is 2.08. The molecule has 5 nitrogen and oxygen atoms in total. The highest BCUT2D eigenvalue weighted by Gasteiger charge is 2.16. The number of nitrogens with one attached hydrogen (secondary N) is 2. The molecule has 0 amide bonds. The summed E-state index contributed by atoms with van der Waals surface area (Å²) < 4.78 is 26.6. The van der Waals surface area contributed by atoms with Gasteiger partial charge in [-0.05, 0) is 24.6 Å². The van der Waals surface area contributed by atoms with Crippen molar-refractivity contribution in [2.24, 2.45) is 0 Å². The first-order valence-corrected chi connectivity index (χ1v) is 7.13. The van der Waals surface area contributed by atoms with Crippen LogP contribution in [0, 0.1) is 6.92 Å². The molecule has 6 heteroatoms. The van der Waals surface area contributed by atoms with Crippen LogP contribution in [-0.2, 0) is 16.4 Å². The lowest BCUT2D eigenvalue weighted by Crippen LogP contribution is -2.13. The Labute approximate surface area is 106 Å². The second-order valence-electron chi connectivity index (χ2n) is 4.02. The number of H-pyrrole nitrogens is 1. The Morgan fingerprint density at radius 2 is 2.17 bits per heavy atom. The van der Waals surface area contributed by atoms with Crippen molar-refractivity contribution in [3.05, 3.63) is 41.9 Å². The van der Waals surface area contributed by atoms with Gasteiger partial charge in [0.1, 0.15) is 5.82 Å². The highest BCUT2D eigenvalue weighted by Crippen LogP contribution is 2.15. The van der Waals surface area contributed by atoms with Gasteiger partial charge < -0.3 is 4.98 Å². The van der Waals surface area contributed by atoms with Crippen LogP contribution >= 0.6 is 0 Å². The van der Waals surface area contributed by atoms with Gasteiger partial charge in [-0.25, -0.2) is 4.98 Å². The molecule has 0 aliphatic rings. The molecule has 0 bridgehead atoms. The van der Waals surface area contributed by atoms with Gasteiger partial charge in [0.05, 0.1) is 6.20 Å². The van der Waals surface area contributed by atoms with Crippen LogP contribution in [0.5, 0.6) is 0 Å². The van der Waals surface area contributed by atoms with E-state index in [4.69, 9.17) is 0 Å². The van der Waals surface area contributed by atoms with Crippen LogP contribution in [0.25, 0.3) is 0 Å². The maximum absolute atomic E-state index is 12.1. The zero-order chi connectivity index (χ0) is 13.2. The van der Waals surface area contributed by atoms with E-state index in [0.29, 0.717) is 17.9 Å². The molecule has 2 rings (SSSR count). The maximum atomic E-state index is 12.1. The first-order valence-electron chi connectivity index (χ1n) is 5.64. The van der Waals surface area contributed by atoms with Crippen LogP contribution in [0.4, 0.5) is 5.69 Å². The molecule has 0 radical (unpaired) electrons. The second-order valence-corrected chi connectivity index (χ2v) is 5.67. The average molecular weight is 265 g/mol. The van der Waals surface area contributed by atoms with E-state index in [1.807, 2.05) is 19.9 Å². The fraction of sp³-hybridized carbons (Fsp3) is 0.250. The summed E-state index contributed by atoms with van der Waals surface area (Å²) in [7, 11) is -3.59. The standard InChI is InChI=1S/C12H15N3O2S/c1-3-11-13-8-12(14-11)18(16,17)15-10-6-4-5-9(2)7-10/h4-8,15H,3H2,1-2H3,(H,13,14). The Morgan fingerprint density at radius 3 is 2.78 bits per heavy atom. The molecular formula is C12H15N3O2S. The first kappa shape index (κ1) is 12.6. The smallest absolute Gasteiger partial charge is 0.278 e. The molecule has 1 aromatic carbocycles. The van der Waals surface area contributed by atoms with Gasteiger partial charge >= 0.3 is 0 Å². The van der Waals surface area contributed by atoms with E-state index >= 15 is 0 Å². The number of hydrogen-bond donors (Lipinski definition) is 2. The van der Waals surface area contributed by atoms with Gasteiger partial charge in [-0.15, -0.1) is 0 Å². The third-order valence-corrected chi connectivity index (χ3v) is 3.79. The molecule has 96 valence electrons. The van der Waals surface area contributed by atoms with Crippen molar-refractivity contribution in [2.75, 3.05) is 4.72 Å². The minimum Gasteiger partial charge on any atom is -0.332 e. The van der Waals surface area contributed by atoms with Crippen molar-refractivity contribution in [1.82, 2.24) is 9.97 Å². The van der Waals surface area contributed by atoms with Crippen molar-refractivity contribution in [1.29, 1.82) is 0 Å². The number of imidazole rings is 1. The Balaban J connectivity index is 2.27. The monoisotopic (exact) mass is 265 g/mol. The highest BCUT2D eigenvalue weighted by atomic mass is 32.2. The zero-order valence-electron chi connectivity index (χ0n) is 10.3. The average Bonchev–Trinajstić information content (AvgIpc) is 2.77. The minimum absolute atomic E-state index is 0.0841. The summed E-state index contributed by atoms with van der Waals surface area (Å²) in [5, 5.41) is 0.0841. The second kappa shape index (κ2) is 4.81. The summed E-state index contributed by atoms with van der Waals surface area (Å²) in [5.74, 6) is 0.652. The van der Waals surface area contributed by atoms with E-state index in [1.165, 1.54) is 6.20 Å². The number of rotatable bonds is 4. The lowest BCUT2D eigenvalue weighted by molar-refractivity contribution is 0.598. The molecule has 0 unspecified atom stereocenters. The fourth-order valence-electron chi connectivity index (χ4n) is 1.58. The number of benzene rings is 1. The Kier molecular flexibility index (Phi) is 3.38. The first-order chi connectivity index (χ1) is 8.51. The molecule has 0 saturated carbocycles. The van der Waals surface area contributed by atoms with Crippen molar-refractivity contribution in [2.45, 2.75) is 25.3 Å². The zero-order valence-corrected chi connectivity index (χ0v) is 11.1. The van der Waals surface area contributed by atoms with Crippen molar-refractivity contribution >= 4 is 15.7 Å². The Hall–Kier alpha value is -1.82. The number of aryl methyl sites for hydroxylation is 2. The number of hydrogen-bond acceptors (Lipinski definition) is 3. The molecule has 0 saturated heterocycles. The lowest BCUT2D eigenvalue weighted by Gasteiger charge is -2.06. The van der Waals surface area contributed by atoms with Gasteiger partial charge in [0.15, 0.2) is 5.03 Å². The lowest BCUT2D eigenvalue weighted by atomic mass is 10.2. The molecule has 0 aliphatic heterocycles. The molecule has 0 fully saturated rings. The van der Waals surface area contributed by atoms with E-state index in [1.54, 1.807) is 18.2 Å². The van der Waals surface area contributed by atoms with Crippen molar-refractivity contribution < 1.29 is 8.42 Å². The maximum Gasteiger partial charge on any atom is 0.278 e. The van der Waals surface area contributed by atoms with E-state index in [2.05, 4.69) is 14.7 Å². The van der Waals surface area contributed by atoms with Gasteiger partial charge in [-0.1, -0.05) is 19.1 Å². The van der Waals surface area contributed by atoms with E-state index < -0.39 is 10.0 Å². The molecule has 0 spiro atoms. The summed E-state index contributed by atoms with van der Waals surface area (Å²) >= 11 is 0. The van der Waals surface area contributed by atoms with Gasteiger partial charge in [0.2, 0.25) is 0 Å². The topological polar surface area (TPSA) is 74.8 Å². The van der Waals surface area contributed by atoms with Crippen LogP contribution < -0.4 is 4.72 Å². The number of nitrogens with zero attached hydrogens (tertiary/aromatic N) is 1. The molecule has 2 N–H and O–H groups in total. The summed E-state index contributed by atoms with van der Waals surface area (Å²) in [5.41, 5.74) is 1.54. The summed E-state index contributed by atoms with van der Waals surface area (Å²) in [6.07, 6.45) is 2.00. The third-order valence-electron chi connectivity index (χ3n) is 2.50. The number of aromatic nitrogens is 2. The minimum atomic E-state index is -3.59. The SMILES string of the molecule is CCc1ncc(S(=O)(=O)Nc2cccc(C)c2)[nH]1. The van der Waals surface area contributed by atoms with Crippen LogP contribution in [0.1, 0.15) is 18.3 Å². The summed E-state index contributed by atoms with van der Waals surface area (Å²) in [6.45, 7) is 3.81. The molecule has 18 heavy (non-hydrogen) atoms. The molecule has 0 atom stereocenters. The van der Waals surface area contributed by atoms with Crippen LogP contribution in [0.15, 0.2) is 35.5 Å². The summed E-state index contributed by atoms with van der Waals surface area (Å²) in [4.78, 5) is 6.76. The highest BCUT2D eigenvalue weighted by molar-refractivity contribution is 7.92.